The topological polar surface area (TPSA) is 122 Å². The standard InChI is InChI=1S/C26H30N4O4/c1-17-5-3-4-6-23(17)26(33)14-30(15-26)25(32)22(11-18-7-9-20(34-2)10-8-18)21(24(27)31)12-19-13-28-16-29-19/h3-10,13,16,21-22,33H,11-12,14-15H2,1-2H3,(H2,27,31)(H,28,29)/t21?,22-/m1/s1. The van der Waals surface area contributed by atoms with Gasteiger partial charge in [-0.1, -0.05) is 36.4 Å². The molecule has 1 aliphatic rings. The maximum absolute atomic E-state index is 13.7. The molecule has 0 radical (unpaired) electrons. The van der Waals surface area contributed by atoms with Crippen molar-refractivity contribution in [3.63, 3.8) is 0 Å². The summed E-state index contributed by atoms with van der Waals surface area (Å²) in [5, 5.41) is 11.2. The Morgan fingerprint density at radius 3 is 2.44 bits per heavy atom. The fourth-order valence-electron chi connectivity index (χ4n) is 4.73. The highest BCUT2D eigenvalue weighted by Crippen LogP contribution is 2.36. The number of rotatable bonds is 9. The Labute approximate surface area is 198 Å². The number of aromatic nitrogens is 2. The number of ether oxygens (including phenoxy) is 1. The Balaban J connectivity index is 1.58. The molecule has 2 heterocycles. The number of carbonyl (C=O) groups is 2. The molecule has 0 aliphatic carbocycles. The first-order valence-electron chi connectivity index (χ1n) is 11.3. The third-order valence-corrected chi connectivity index (χ3v) is 6.64. The molecule has 2 aromatic carbocycles. The van der Waals surface area contributed by atoms with Gasteiger partial charge in [-0.05, 0) is 42.2 Å². The number of hydrogen-bond acceptors (Lipinski definition) is 5. The van der Waals surface area contributed by atoms with Gasteiger partial charge < -0.3 is 25.5 Å². The van der Waals surface area contributed by atoms with E-state index < -0.39 is 23.3 Å². The molecule has 8 heteroatoms. The first-order chi connectivity index (χ1) is 16.3. The van der Waals surface area contributed by atoms with Crippen LogP contribution in [0.5, 0.6) is 5.75 Å². The van der Waals surface area contributed by atoms with E-state index in [4.69, 9.17) is 10.5 Å². The van der Waals surface area contributed by atoms with Crippen LogP contribution in [0.2, 0.25) is 0 Å². The summed E-state index contributed by atoms with van der Waals surface area (Å²) in [7, 11) is 1.59. The van der Waals surface area contributed by atoms with Gasteiger partial charge in [0.25, 0.3) is 0 Å². The van der Waals surface area contributed by atoms with Gasteiger partial charge in [0.2, 0.25) is 11.8 Å². The Bertz CT molecular complexity index is 1140. The molecule has 1 unspecified atom stereocenters. The summed E-state index contributed by atoms with van der Waals surface area (Å²) in [5.41, 5.74) is 8.12. The lowest BCUT2D eigenvalue weighted by Gasteiger charge is -2.48. The molecule has 1 saturated heterocycles. The second-order valence-corrected chi connectivity index (χ2v) is 8.99. The number of amides is 2. The molecular weight excluding hydrogens is 432 g/mol. The predicted octanol–water partition coefficient (Wildman–Crippen LogP) is 1.96. The maximum Gasteiger partial charge on any atom is 0.227 e. The highest BCUT2D eigenvalue weighted by atomic mass is 16.5. The smallest absolute Gasteiger partial charge is 0.227 e. The zero-order valence-corrected chi connectivity index (χ0v) is 19.4. The number of carbonyl (C=O) groups excluding carboxylic acids is 2. The Morgan fingerprint density at radius 1 is 1.15 bits per heavy atom. The molecule has 34 heavy (non-hydrogen) atoms. The van der Waals surface area contributed by atoms with Crippen LogP contribution in [-0.4, -0.2) is 52.0 Å². The quantitative estimate of drug-likeness (QED) is 0.449. The van der Waals surface area contributed by atoms with Gasteiger partial charge in [-0.25, -0.2) is 4.98 Å². The van der Waals surface area contributed by atoms with Crippen LogP contribution in [0.25, 0.3) is 0 Å². The number of imidazole rings is 1. The number of nitrogens with zero attached hydrogens (tertiary/aromatic N) is 2. The summed E-state index contributed by atoms with van der Waals surface area (Å²) in [4.78, 5) is 34.8. The summed E-state index contributed by atoms with van der Waals surface area (Å²) >= 11 is 0. The molecular formula is C26H30N4O4. The molecule has 0 spiro atoms. The van der Waals surface area contributed by atoms with E-state index in [0.717, 1.165) is 22.4 Å². The first-order valence-corrected chi connectivity index (χ1v) is 11.3. The normalized spacial score (nSPS) is 16.4. The van der Waals surface area contributed by atoms with Crippen molar-refractivity contribution in [3.8, 4) is 5.75 Å². The average Bonchev–Trinajstić information content (AvgIpc) is 3.33. The van der Waals surface area contributed by atoms with Crippen molar-refractivity contribution in [2.24, 2.45) is 17.6 Å². The van der Waals surface area contributed by atoms with Crippen LogP contribution in [0.4, 0.5) is 0 Å². The number of hydrogen-bond donors (Lipinski definition) is 3. The van der Waals surface area contributed by atoms with E-state index in [2.05, 4.69) is 9.97 Å². The molecule has 2 amide bonds. The van der Waals surface area contributed by atoms with E-state index in [1.165, 1.54) is 6.33 Å². The lowest BCUT2D eigenvalue weighted by Crippen LogP contribution is -2.63. The molecule has 4 rings (SSSR count). The minimum atomic E-state index is -1.10. The van der Waals surface area contributed by atoms with Crippen LogP contribution in [0.3, 0.4) is 0 Å². The molecule has 0 saturated carbocycles. The Kier molecular flexibility index (Phi) is 6.70. The zero-order chi connectivity index (χ0) is 24.3. The maximum atomic E-state index is 13.7. The van der Waals surface area contributed by atoms with Crippen LogP contribution >= 0.6 is 0 Å². The fraction of sp³-hybridized carbons (Fsp3) is 0.346. The highest BCUT2D eigenvalue weighted by Gasteiger charge is 2.48. The van der Waals surface area contributed by atoms with Gasteiger partial charge in [-0.3, -0.25) is 9.59 Å². The molecule has 178 valence electrons. The molecule has 3 aromatic rings. The largest absolute Gasteiger partial charge is 0.497 e. The Morgan fingerprint density at radius 2 is 1.85 bits per heavy atom. The van der Waals surface area contributed by atoms with Crippen LogP contribution in [-0.2, 0) is 28.0 Å². The van der Waals surface area contributed by atoms with Crippen molar-refractivity contribution >= 4 is 11.8 Å². The van der Waals surface area contributed by atoms with Crippen LogP contribution < -0.4 is 10.5 Å². The number of methoxy groups -OCH3 is 1. The third-order valence-electron chi connectivity index (χ3n) is 6.64. The molecule has 1 fully saturated rings. The molecule has 8 nitrogen and oxygen atoms in total. The number of aryl methyl sites for hydroxylation is 1. The van der Waals surface area contributed by atoms with Crippen molar-refractivity contribution in [1.29, 1.82) is 0 Å². The number of aromatic amines is 1. The zero-order valence-electron chi connectivity index (χ0n) is 19.4. The average molecular weight is 463 g/mol. The summed E-state index contributed by atoms with van der Waals surface area (Å²) in [6, 6.07) is 15.0. The third kappa shape index (κ3) is 4.82. The minimum Gasteiger partial charge on any atom is -0.497 e. The van der Waals surface area contributed by atoms with Crippen molar-refractivity contribution in [2.45, 2.75) is 25.4 Å². The van der Waals surface area contributed by atoms with Crippen molar-refractivity contribution < 1.29 is 19.4 Å². The van der Waals surface area contributed by atoms with Gasteiger partial charge in [0.15, 0.2) is 0 Å². The van der Waals surface area contributed by atoms with Crippen LogP contribution in [0.1, 0.15) is 22.4 Å². The number of likely N-dealkylation sites (tertiary alicyclic amines) is 1. The number of benzene rings is 2. The van der Waals surface area contributed by atoms with Crippen molar-refractivity contribution in [3.05, 3.63) is 83.4 Å². The summed E-state index contributed by atoms with van der Waals surface area (Å²) in [6.45, 7) is 2.29. The number of aliphatic hydroxyl groups is 1. The van der Waals surface area contributed by atoms with Crippen LogP contribution in [0.15, 0.2) is 61.1 Å². The summed E-state index contributed by atoms with van der Waals surface area (Å²) in [5.74, 6) is -1.45. The number of primary amides is 1. The van der Waals surface area contributed by atoms with Crippen LogP contribution in [0, 0.1) is 18.8 Å². The SMILES string of the molecule is COc1ccc(C[C@@H](C(=O)N2CC(O)(c3ccccc3C)C2)C(Cc2cnc[nH]2)C(N)=O)cc1. The second-order valence-electron chi connectivity index (χ2n) is 8.99. The molecule has 1 aromatic heterocycles. The lowest BCUT2D eigenvalue weighted by molar-refractivity contribution is -0.164. The number of H-pyrrole nitrogens is 1. The van der Waals surface area contributed by atoms with E-state index >= 15 is 0 Å². The molecule has 1 aliphatic heterocycles. The second kappa shape index (κ2) is 9.69. The van der Waals surface area contributed by atoms with E-state index in [-0.39, 0.29) is 25.4 Å². The van der Waals surface area contributed by atoms with E-state index in [1.54, 1.807) is 18.2 Å². The summed E-state index contributed by atoms with van der Waals surface area (Å²) in [6.07, 6.45) is 3.78. The predicted molar refractivity (Wildman–Crippen MR) is 127 cm³/mol. The van der Waals surface area contributed by atoms with Gasteiger partial charge in [0.05, 0.1) is 38.4 Å². The number of β-amino-alcohol motifs (C(OH)–C–C–N with tert-alkyl or cyclic N) is 1. The minimum absolute atomic E-state index is 0.172. The first kappa shape index (κ1) is 23.5. The van der Waals surface area contributed by atoms with E-state index in [9.17, 15) is 14.7 Å². The summed E-state index contributed by atoms with van der Waals surface area (Å²) < 4.78 is 5.23. The van der Waals surface area contributed by atoms with Crippen molar-refractivity contribution in [2.75, 3.05) is 20.2 Å². The van der Waals surface area contributed by atoms with Gasteiger partial charge in [0.1, 0.15) is 11.4 Å². The highest BCUT2D eigenvalue weighted by molar-refractivity contribution is 5.88. The Hall–Kier alpha value is -3.65. The number of nitrogens with two attached hydrogens (primary N) is 1. The number of nitrogens with one attached hydrogen (secondary N) is 1. The van der Waals surface area contributed by atoms with Gasteiger partial charge in [0, 0.05) is 18.3 Å². The molecule has 2 atom stereocenters. The molecule has 4 N–H and O–H groups in total. The van der Waals surface area contributed by atoms with Gasteiger partial charge in [-0.2, -0.15) is 0 Å². The monoisotopic (exact) mass is 462 g/mol. The van der Waals surface area contributed by atoms with E-state index in [1.807, 2.05) is 55.5 Å². The van der Waals surface area contributed by atoms with E-state index in [0.29, 0.717) is 12.2 Å². The van der Waals surface area contributed by atoms with Gasteiger partial charge >= 0.3 is 0 Å². The van der Waals surface area contributed by atoms with Crippen molar-refractivity contribution in [1.82, 2.24) is 14.9 Å². The van der Waals surface area contributed by atoms with Gasteiger partial charge in [-0.15, -0.1) is 0 Å². The molecule has 0 bridgehead atoms. The lowest BCUT2D eigenvalue weighted by atomic mass is 9.78. The fourth-order valence-corrected chi connectivity index (χ4v) is 4.73.